The van der Waals surface area contributed by atoms with Crippen molar-refractivity contribution < 1.29 is 14.0 Å². The zero-order valence-corrected chi connectivity index (χ0v) is 22.3. The molecule has 0 unspecified atom stereocenters. The van der Waals surface area contributed by atoms with Crippen LogP contribution in [0.2, 0.25) is 5.02 Å². The summed E-state index contributed by atoms with van der Waals surface area (Å²) in [4.78, 5) is 29.4. The summed E-state index contributed by atoms with van der Waals surface area (Å²) in [6.07, 6.45) is 0. The van der Waals surface area contributed by atoms with Crippen molar-refractivity contribution in [1.82, 2.24) is 15.1 Å². The molecule has 1 N–H and O–H groups in total. The number of rotatable bonds is 7. The Hall–Kier alpha value is -3.82. The quantitative estimate of drug-likeness (QED) is 0.310. The standard InChI is InChI=1S/C28H26ClN5O3S/c1-19-2-4-21(5-3-19)27(36)34-16-14-33(15-17-34)24-12-10-23(11-13-24)30-25(35)18-38-28-32-31-26(37-28)20-6-8-22(29)9-7-20/h2-13H,14-18H2,1H3,(H,30,35). The highest BCUT2D eigenvalue weighted by Crippen LogP contribution is 2.25. The van der Waals surface area contributed by atoms with Gasteiger partial charge in [-0.25, -0.2) is 0 Å². The first-order valence-electron chi connectivity index (χ1n) is 12.2. The van der Waals surface area contributed by atoms with Gasteiger partial charge >= 0.3 is 0 Å². The Bertz CT molecular complexity index is 1400. The van der Waals surface area contributed by atoms with E-state index in [1.54, 1.807) is 24.3 Å². The van der Waals surface area contributed by atoms with Crippen molar-refractivity contribution in [2.75, 3.05) is 42.1 Å². The predicted molar refractivity (Wildman–Crippen MR) is 150 cm³/mol. The molecule has 4 aromatic rings. The molecule has 10 heteroatoms. The summed E-state index contributed by atoms with van der Waals surface area (Å²) in [6.45, 7) is 4.84. The summed E-state index contributed by atoms with van der Waals surface area (Å²) in [7, 11) is 0. The van der Waals surface area contributed by atoms with Crippen molar-refractivity contribution in [3.8, 4) is 11.5 Å². The van der Waals surface area contributed by atoms with Gasteiger partial charge in [0.15, 0.2) is 0 Å². The Balaban J connectivity index is 1.08. The zero-order chi connectivity index (χ0) is 26.5. The molecule has 0 spiro atoms. The molecule has 0 aliphatic carbocycles. The number of carbonyl (C=O) groups is 2. The fourth-order valence-electron chi connectivity index (χ4n) is 4.10. The average Bonchev–Trinajstić information content (AvgIpc) is 3.42. The zero-order valence-electron chi connectivity index (χ0n) is 20.8. The van der Waals surface area contributed by atoms with Crippen LogP contribution in [0.1, 0.15) is 15.9 Å². The molecule has 0 bridgehead atoms. The molecule has 3 aromatic carbocycles. The second-order valence-electron chi connectivity index (χ2n) is 8.91. The molecule has 2 amide bonds. The first-order chi connectivity index (χ1) is 18.4. The second kappa shape index (κ2) is 11.7. The molecule has 5 rings (SSSR count). The first kappa shape index (κ1) is 25.8. The van der Waals surface area contributed by atoms with E-state index in [2.05, 4.69) is 20.4 Å². The fourth-order valence-corrected chi connectivity index (χ4v) is 4.79. The molecular formula is C28H26ClN5O3S. The van der Waals surface area contributed by atoms with Gasteiger partial charge in [0.1, 0.15) is 0 Å². The van der Waals surface area contributed by atoms with Gasteiger partial charge in [-0.2, -0.15) is 0 Å². The smallest absolute Gasteiger partial charge is 0.277 e. The number of piperazine rings is 1. The fraction of sp³-hybridized carbons (Fsp3) is 0.214. The van der Waals surface area contributed by atoms with Crippen LogP contribution >= 0.6 is 23.4 Å². The van der Waals surface area contributed by atoms with E-state index in [1.165, 1.54) is 11.8 Å². The highest BCUT2D eigenvalue weighted by molar-refractivity contribution is 7.99. The average molecular weight is 548 g/mol. The van der Waals surface area contributed by atoms with Crippen LogP contribution in [0.3, 0.4) is 0 Å². The summed E-state index contributed by atoms with van der Waals surface area (Å²) in [5.74, 6) is 0.418. The first-order valence-corrected chi connectivity index (χ1v) is 13.5. The number of anilines is 2. The van der Waals surface area contributed by atoms with E-state index in [9.17, 15) is 9.59 Å². The Morgan fingerprint density at radius 1 is 0.921 bits per heavy atom. The third-order valence-corrected chi connectivity index (χ3v) is 7.28. The van der Waals surface area contributed by atoms with Crippen LogP contribution < -0.4 is 10.2 Å². The molecule has 2 heterocycles. The summed E-state index contributed by atoms with van der Waals surface area (Å²) in [6, 6.07) is 22.5. The molecule has 0 atom stereocenters. The lowest BCUT2D eigenvalue weighted by molar-refractivity contribution is -0.113. The van der Waals surface area contributed by atoms with Crippen LogP contribution in [0, 0.1) is 6.92 Å². The van der Waals surface area contributed by atoms with E-state index in [0.29, 0.717) is 34.9 Å². The van der Waals surface area contributed by atoms with Gasteiger partial charge in [0.2, 0.25) is 11.8 Å². The monoisotopic (exact) mass is 547 g/mol. The number of nitrogens with zero attached hydrogens (tertiary/aromatic N) is 4. The Labute approximate surface area is 230 Å². The van der Waals surface area contributed by atoms with Crippen molar-refractivity contribution in [1.29, 1.82) is 0 Å². The predicted octanol–water partition coefficient (Wildman–Crippen LogP) is 5.39. The second-order valence-corrected chi connectivity index (χ2v) is 10.3. The third kappa shape index (κ3) is 6.35. The number of aryl methyl sites for hydroxylation is 1. The number of hydrogen-bond acceptors (Lipinski definition) is 7. The third-order valence-electron chi connectivity index (χ3n) is 6.21. The van der Waals surface area contributed by atoms with E-state index in [4.69, 9.17) is 16.0 Å². The van der Waals surface area contributed by atoms with Crippen molar-refractivity contribution in [3.05, 3.63) is 88.9 Å². The number of amides is 2. The molecule has 194 valence electrons. The van der Waals surface area contributed by atoms with Gasteiger partial charge in [-0.05, 0) is 67.6 Å². The maximum atomic E-state index is 12.8. The Morgan fingerprint density at radius 2 is 1.61 bits per heavy atom. The Morgan fingerprint density at radius 3 is 2.29 bits per heavy atom. The number of halogens is 1. The van der Waals surface area contributed by atoms with Gasteiger partial charge < -0.3 is 19.5 Å². The lowest BCUT2D eigenvalue weighted by Gasteiger charge is -2.36. The number of benzene rings is 3. The minimum absolute atomic E-state index is 0.0716. The van der Waals surface area contributed by atoms with E-state index < -0.39 is 0 Å². The largest absolute Gasteiger partial charge is 0.411 e. The molecule has 8 nitrogen and oxygen atoms in total. The molecule has 38 heavy (non-hydrogen) atoms. The SMILES string of the molecule is Cc1ccc(C(=O)N2CCN(c3ccc(NC(=O)CSc4nnc(-c5ccc(Cl)cc5)o4)cc3)CC2)cc1. The molecule has 0 saturated carbocycles. The number of thioether (sulfide) groups is 1. The molecule has 1 fully saturated rings. The molecule has 1 saturated heterocycles. The summed E-state index contributed by atoms with van der Waals surface area (Å²) < 4.78 is 5.63. The highest BCUT2D eigenvalue weighted by atomic mass is 35.5. The van der Waals surface area contributed by atoms with Crippen LogP contribution in [0.25, 0.3) is 11.5 Å². The van der Waals surface area contributed by atoms with Gasteiger partial charge in [0.05, 0.1) is 5.75 Å². The van der Waals surface area contributed by atoms with Crippen molar-refractivity contribution in [3.63, 3.8) is 0 Å². The summed E-state index contributed by atoms with van der Waals surface area (Å²) >= 11 is 7.09. The van der Waals surface area contributed by atoms with Crippen molar-refractivity contribution in [2.24, 2.45) is 0 Å². The lowest BCUT2D eigenvalue weighted by atomic mass is 10.1. The van der Waals surface area contributed by atoms with Gasteiger partial charge in [-0.15, -0.1) is 10.2 Å². The molecule has 0 radical (unpaired) electrons. The van der Waals surface area contributed by atoms with E-state index in [0.717, 1.165) is 35.5 Å². The molecule has 1 aliphatic rings. The highest BCUT2D eigenvalue weighted by Gasteiger charge is 2.22. The topological polar surface area (TPSA) is 91.6 Å². The summed E-state index contributed by atoms with van der Waals surface area (Å²) in [5.41, 5.74) is 4.39. The van der Waals surface area contributed by atoms with Crippen LogP contribution in [0.5, 0.6) is 0 Å². The molecule has 1 aromatic heterocycles. The molecular weight excluding hydrogens is 522 g/mol. The number of aromatic nitrogens is 2. The summed E-state index contributed by atoms with van der Waals surface area (Å²) in [5, 5.41) is 11.9. The van der Waals surface area contributed by atoms with Crippen LogP contribution in [-0.2, 0) is 4.79 Å². The maximum Gasteiger partial charge on any atom is 0.277 e. The minimum Gasteiger partial charge on any atom is -0.411 e. The van der Waals surface area contributed by atoms with E-state index in [1.807, 2.05) is 60.4 Å². The van der Waals surface area contributed by atoms with Crippen LogP contribution in [0.15, 0.2) is 82.4 Å². The van der Waals surface area contributed by atoms with Crippen molar-refractivity contribution >= 4 is 46.6 Å². The number of hydrogen-bond donors (Lipinski definition) is 1. The number of nitrogens with one attached hydrogen (secondary N) is 1. The lowest BCUT2D eigenvalue weighted by Crippen LogP contribution is -2.48. The maximum absolute atomic E-state index is 12.8. The van der Waals surface area contributed by atoms with Crippen molar-refractivity contribution in [2.45, 2.75) is 12.1 Å². The number of carbonyl (C=O) groups excluding carboxylic acids is 2. The molecule has 1 aliphatic heterocycles. The normalized spacial score (nSPS) is 13.4. The Kier molecular flexibility index (Phi) is 7.95. The van der Waals surface area contributed by atoms with E-state index in [-0.39, 0.29) is 17.6 Å². The van der Waals surface area contributed by atoms with Crippen LogP contribution in [-0.4, -0.2) is 58.8 Å². The van der Waals surface area contributed by atoms with Crippen LogP contribution in [0.4, 0.5) is 11.4 Å². The van der Waals surface area contributed by atoms with Gasteiger partial charge in [-0.1, -0.05) is 41.1 Å². The minimum atomic E-state index is -0.169. The van der Waals surface area contributed by atoms with Gasteiger partial charge in [0, 0.05) is 53.7 Å². The van der Waals surface area contributed by atoms with E-state index >= 15 is 0 Å². The van der Waals surface area contributed by atoms with Gasteiger partial charge in [0.25, 0.3) is 11.1 Å². The van der Waals surface area contributed by atoms with Gasteiger partial charge in [-0.3, -0.25) is 9.59 Å².